The smallest absolute Gasteiger partial charge is 0.361 e. The molecule has 0 fully saturated rings. The van der Waals surface area contributed by atoms with Crippen molar-refractivity contribution in [3.05, 3.63) is 54.1 Å². The second-order valence-corrected chi connectivity index (χ2v) is 13.0. The van der Waals surface area contributed by atoms with Crippen LogP contribution < -0.4 is 26.2 Å². The van der Waals surface area contributed by atoms with Crippen LogP contribution in [0.3, 0.4) is 0 Å². The van der Waals surface area contributed by atoms with Gasteiger partial charge in [-0.25, -0.2) is 26.7 Å². The van der Waals surface area contributed by atoms with E-state index < -0.39 is 26.1 Å². The predicted octanol–water partition coefficient (Wildman–Crippen LogP) is 2.21. The van der Waals surface area contributed by atoms with Crippen LogP contribution in [0.15, 0.2) is 58.3 Å². The third kappa shape index (κ3) is 11.5. The Morgan fingerprint density at radius 1 is 0.950 bits per heavy atom. The summed E-state index contributed by atoms with van der Waals surface area (Å²) in [6.45, 7) is 4.57. The van der Waals surface area contributed by atoms with Crippen molar-refractivity contribution in [1.29, 1.82) is 0 Å². The Morgan fingerprint density at radius 2 is 1.55 bits per heavy atom. The van der Waals surface area contributed by atoms with Crippen molar-refractivity contribution in [2.45, 2.75) is 68.0 Å². The lowest BCUT2D eigenvalue weighted by Crippen LogP contribution is -2.36. The molecule has 0 spiro atoms. The number of carbonyl (C=O) groups is 1. The summed E-state index contributed by atoms with van der Waals surface area (Å²) in [4.78, 5) is 12.1. The van der Waals surface area contributed by atoms with E-state index in [1.54, 1.807) is 24.3 Å². The first-order chi connectivity index (χ1) is 18.9. The number of carbonyl (C=O) groups excluding carboxylic acids is 1. The average molecular weight is 612 g/mol. The lowest BCUT2D eigenvalue weighted by atomic mass is 9.62. The van der Waals surface area contributed by atoms with Gasteiger partial charge in [0.25, 0.3) is 0 Å². The number of nitrogens with two attached hydrogens (primary N) is 2. The molecular formula is C25H38BN5O6S3. The van der Waals surface area contributed by atoms with Gasteiger partial charge in [0.05, 0.1) is 9.79 Å². The quantitative estimate of drug-likeness (QED) is 0.107. The molecule has 0 unspecified atom stereocenters. The molecule has 0 saturated carbocycles. The minimum Gasteiger partial charge on any atom is -0.535 e. The maximum atomic E-state index is 12.6. The molecule has 2 aromatic carbocycles. The Bertz CT molecular complexity index is 1320. The zero-order valence-corrected chi connectivity index (χ0v) is 25.2. The molecule has 2 aromatic rings. The van der Waals surface area contributed by atoms with Crippen molar-refractivity contribution in [3.8, 4) is 0 Å². The van der Waals surface area contributed by atoms with Gasteiger partial charge < -0.3 is 21.0 Å². The SMILES string of the molecule is CCB(CC)OC(=O)[C@@H](N)CCCCNC(=S)Nc1ccc(S(=O)(=O)NCCc2ccc(S(N)(=O)=O)cc2)cc1. The van der Waals surface area contributed by atoms with Crippen LogP contribution in [0.1, 0.15) is 38.7 Å². The summed E-state index contributed by atoms with van der Waals surface area (Å²) < 4.78 is 55.8. The van der Waals surface area contributed by atoms with Gasteiger partial charge in [-0.3, -0.25) is 4.79 Å². The Morgan fingerprint density at radius 3 is 2.12 bits per heavy atom. The standard InChI is InChI=1S/C25H38BN5O6S3/c1-3-26(4-2)37-24(32)23(27)7-5-6-17-29-25(38)31-20-10-14-22(15-11-20)40(35,36)30-18-16-19-8-12-21(13-9-19)39(28,33)34/h8-15,23,30H,3-7,16-18,27H2,1-2H3,(H2,28,33,34)(H2,29,31,38)/t23-/m0/s1. The molecule has 0 amide bonds. The molecule has 0 heterocycles. The molecule has 15 heteroatoms. The zero-order chi connectivity index (χ0) is 29.8. The molecule has 0 bridgehead atoms. The van der Waals surface area contributed by atoms with Crippen molar-refractivity contribution in [1.82, 2.24) is 10.0 Å². The Hall–Kier alpha value is -2.56. The fourth-order valence-electron chi connectivity index (χ4n) is 3.67. The van der Waals surface area contributed by atoms with Crippen LogP contribution in [-0.2, 0) is 35.9 Å². The number of primary sulfonamides is 1. The van der Waals surface area contributed by atoms with E-state index in [2.05, 4.69) is 15.4 Å². The van der Waals surface area contributed by atoms with E-state index in [1.807, 2.05) is 13.8 Å². The largest absolute Gasteiger partial charge is 0.535 e. The highest BCUT2D eigenvalue weighted by Crippen LogP contribution is 2.15. The minimum absolute atomic E-state index is 0.00332. The number of rotatable bonds is 16. The van der Waals surface area contributed by atoms with Crippen LogP contribution in [0.5, 0.6) is 0 Å². The van der Waals surface area contributed by atoms with Crippen LogP contribution in [-0.4, -0.2) is 54.0 Å². The number of hydrogen-bond acceptors (Lipinski definition) is 8. The highest BCUT2D eigenvalue weighted by atomic mass is 32.2. The lowest BCUT2D eigenvalue weighted by molar-refractivity contribution is -0.136. The van der Waals surface area contributed by atoms with Gasteiger partial charge in [0.2, 0.25) is 20.0 Å². The van der Waals surface area contributed by atoms with Crippen LogP contribution >= 0.6 is 12.2 Å². The first-order valence-electron chi connectivity index (χ1n) is 13.1. The summed E-state index contributed by atoms with van der Waals surface area (Å²) in [6.07, 6.45) is 3.92. The van der Waals surface area contributed by atoms with Gasteiger partial charge in [-0.1, -0.05) is 26.0 Å². The molecular weight excluding hydrogens is 573 g/mol. The maximum absolute atomic E-state index is 12.6. The molecule has 0 saturated heterocycles. The van der Waals surface area contributed by atoms with Crippen molar-refractivity contribution >= 4 is 55.9 Å². The van der Waals surface area contributed by atoms with Gasteiger partial charge in [0.15, 0.2) is 5.11 Å². The highest BCUT2D eigenvalue weighted by molar-refractivity contribution is 7.89. The van der Waals surface area contributed by atoms with E-state index >= 15 is 0 Å². The van der Waals surface area contributed by atoms with Gasteiger partial charge in [-0.15, -0.1) is 0 Å². The Labute approximate surface area is 243 Å². The summed E-state index contributed by atoms with van der Waals surface area (Å²) in [5.41, 5.74) is 7.32. The summed E-state index contributed by atoms with van der Waals surface area (Å²) in [7, 11) is -7.51. The molecule has 0 aliphatic rings. The molecule has 40 heavy (non-hydrogen) atoms. The topological polar surface area (TPSA) is 183 Å². The number of sulfonamides is 2. The van der Waals surface area contributed by atoms with Crippen LogP contribution in [0, 0.1) is 0 Å². The second-order valence-electron chi connectivity index (χ2n) is 9.22. The van der Waals surface area contributed by atoms with E-state index in [0.717, 1.165) is 31.0 Å². The van der Waals surface area contributed by atoms with Crippen molar-refractivity contribution in [2.24, 2.45) is 10.9 Å². The number of hydrogen-bond donors (Lipinski definition) is 5. The molecule has 0 radical (unpaired) electrons. The third-order valence-electron chi connectivity index (χ3n) is 6.10. The number of unbranched alkanes of at least 4 members (excludes halogenated alkanes) is 1. The summed E-state index contributed by atoms with van der Waals surface area (Å²) in [6, 6.07) is 11.5. The molecule has 1 atom stereocenters. The normalized spacial score (nSPS) is 12.4. The van der Waals surface area contributed by atoms with E-state index in [4.69, 9.17) is 27.7 Å². The van der Waals surface area contributed by atoms with Gasteiger partial charge in [0, 0.05) is 18.8 Å². The van der Waals surface area contributed by atoms with Gasteiger partial charge in [-0.2, -0.15) is 0 Å². The summed E-state index contributed by atoms with van der Waals surface area (Å²) >= 11 is 5.30. The van der Waals surface area contributed by atoms with Gasteiger partial charge >= 0.3 is 12.9 Å². The van der Waals surface area contributed by atoms with E-state index in [9.17, 15) is 21.6 Å². The zero-order valence-electron chi connectivity index (χ0n) is 22.8. The van der Waals surface area contributed by atoms with E-state index in [0.29, 0.717) is 30.2 Å². The molecule has 0 aliphatic heterocycles. The lowest BCUT2D eigenvalue weighted by Gasteiger charge is -2.16. The third-order valence-corrected chi connectivity index (χ3v) is 8.76. The monoisotopic (exact) mass is 611 g/mol. The van der Waals surface area contributed by atoms with Crippen molar-refractivity contribution in [2.75, 3.05) is 18.4 Å². The number of anilines is 1. The number of nitrogens with one attached hydrogen (secondary N) is 3. The summed E-state index contributed by atoms with van der Waals surface area (Å²) in [5.74, 6) is -0.364. The number of thiocarbonyl (C=S) groups is 1. The minimum atomic E-state index is -3.78. The first-order valence-corrected chi connectivity index (χ1v) is 16.5. The molecule has 7 N–H and O–H groups in total. The van der Waals surface area contributed by atoms with Crippen LogP contribution in [0.25, 0.3) is 0 Å². The van der Waals surface area contributed by atoms with Gasteiger partial charge in [-0.05, 0) is 92.5 Å². The molecule has 2 rings (SSSR count). The second kappa shape index (κ2) is 16.0. The molecule has 0 aliphatic carbocycles. The summed E-state index contributed by atoms with van der Waals surface area (Å²) in [5, 5.41) is 11.6. The van der Waals surface area contributed by atoms with Gasteiger partial charge in [0.1, 0.15) is 6.04 Å². The Balaban J connectivity index is 1.71. The predicted molar refractivity (Wildman–Crippen MR) is 162 cm³/mol. The Kier molecular flexibility index (Phi) is 13.5. The average Bonchev–Trinajstić information content (AvgIpc) is 2.91. The maximum Gasteiger partial charge on any atom is 0.361 e. The fraction of sp³-hybridized carbons (Fsp3) is 0.440. The van der Waals surface area contributed by atoms with Crippen LogP contribution in [0.2, 0.25) is 12.6 Å². The first kappa shape index (κ1) is 33.7. The van der Waals surface area contributed by atoms with Crippen LogP contribution in [0.4, 0.5) is 5.69 Å². The molecule has 11 nitrogen and oxygen atoms in total. The molecule has 0 aromatic heterocycles. The van der Waals surface area contributed by atoms with Crippen molar-refractivity contribution < 1.29 is 26.3 Å². The molecule has 220 valence electrons. The van der Waals surface area contributed by atoms with Crippen molar-refractivity contribution in [3.63, 3.8) is 0 Å². The number of benzene rings is 2. The highest BCUT2D eigenvalue weighted by Gasteiger charge is 2.21. The van der Waals surface area contributed by atoms with E-state index in [-0.39, 0.29) is 29.2 Å². The fourth-order valence-corrected chi connectivity index (χ4v) is 5.43. The van der Waals surface area contributed by atoms with E-state index in [1.165, 1.54) is 24.3 Å².